The van der Waals surface area contributed by atoms with Crippen molar-refractivity contribution in [2.24, 2.45) is 5.10 Å². The van der Waals surface area contributed by atoms with Crippen LogP contribution in [0.25, 0.3) is 0 Å². The van der Waals surface area contributed by atoms with E-state index in [0.29, 0.717) is 27.9 Å². The minimum atomic E-state index is -0.284. The molecule has 0 fully saturated rings. The highest BCUT2D eigenvalue weighted by atomic mass is 35.5. The summed E-state index contributed by atoms with van der Waals surface area (Å²) in [6, 6.07) is 4.99. The maximum atomic E-state index is 11.9. The van der Waals surface area contributed by atoms with Gasteiger partial charge in [0.05, 0.1) is 22.2 Å². The summed E-state index contributed by atoms with van der Waals surface area (Å²) in [7, 11) is 0. The zero-order chi connectivity index (χ0) is 16.5. The second-order valence-electron chi connectivity index (χ2n) is 4.81. The lowest BCUT2D eigenvalue weighted by Gasteiger charge is -2.08. The number of amides is 2. The number of hydrogen-bond acceptors (Lipinski definition) is 3. The van der Waals surface area contributed by atoms with Crippen LogP contribution in [0.4, 0.5) is 5.69 Å². The molecule has 0 spiro atoms. The molecule has 5 nitrogen and oxygen atoms in total. The number of carbonyl (C=O) groups is 2. The quantitative estimate of drug-likeness (QED) is 0.580. The molecule has 0 saturated carbocycles. The van der Waals surface area contributed by atoms with Gasteiger partial charge in [-0.15, -0.1) is 0 Å². The molecule has 0 aromatic heterocycles. The van der Waals surface area contributed by atoms with Gasteiger partial charge in [-0.1, -0.05) is 42.6 Å². The fourth-order valence-corrected chi connectivity index (χ4v) is 1.97. The number of anilines is 1. The van der Waals surface area contributed by atoms with Crippen molar-refractivity contribution >= 4 is 46.4 Å². The number of hydrogen-bond donors (Lipinski definition) is 2. The van der Waals surface area contributed by atoms with Gasteiger partial charge in [-0.05, 0) is 25.5 Å². The molecular formula is C15H19Cl2N3O2. The lowest BCUT2D eigenvalue weighted by molar-refractivity contribution is -0.121. The number of hydrazone groups is 1. The van der Waals surface area contributed by atoms with Crippen molar-refractivity contribution in [3.05, 3.63) is 28.2 Å². The first-order valence-electron chi connectivity index (χ1n) is 7.00. The number of rotatable bonds is 7. The second-order valence-corrected chi connectivity index (χ2v) is 5.60. The molecule has 0 aliphatic rings. The third kappa shape index (κ3) is 6.45. The average molecular weight is 344 g/mol. The van der Waals surface area contributed by atoms with Gasteiger partial charge in [0.15, 0.2) is 0 Å². The van der Waals surface area contributed by atoms with Crippen molar-refractivity contribution in [3.8, 4) is 0 Å². The third-order valence-corrected chi connectivity index (χ3v) is 3.59. The summed E-state index contributed by atoms with van der Waals surface area (Å²) in [5.74, 6) is -0.437. The molecule has 0 radical (unpaired) electrons. The number of benzene rings is 1. The zero-order valence-corrected chi connectivity index (χ0v) is 14.1. The summed E-state index contributed by atoms with van der Waals surface area (Å²) in [5.41, 5.74) is 3.37. The lowest BCUT2D eigenvalue weighted by Crippen LogP contribution is -2.21. The van der Waals surface area contributed by atoms with Crippen molar-refractivity contribution in [1.29, 1.82) is 0 Å². The van der Waals surface area contributed by atoms with Crippen LogP contribution in [0.5, 0.6) is 0 Å². The van der Waals surface area contributed by atoms with Gasteiger partial charge in [-0.25, -0.2) is 5.43 Å². The molecule has 0 unspecified atom stereocenters. The minimum Gasteiger partial charge on any atom is -0.324 e. The number of nitrogens with zero attached hydrogens (tertiary/aromatic N) is 1. The van der Waals surface area contributed by atoms with E-state index in [0.717, 1.165) is 12.8 Å². The first kappa shape index (κ1) is 18.5. The monoisotopic (exact) mass is 343 g/mol. The van der Waals surface area contributed by atoms with Gasteiger partial charge in [0.25, 0.3) is 0 Å². The number of carbonyl (C=O) groups excluding carboxylic acids is 2. The Kier molecular flexibility index (Phi) is 7.91. The van der Waals surface area contributed by atoms with Crippen LogP contribution < -0.4 is 10.7 Å². The molecule has 1 aromatic carbocycles. The lowest BCUT2D eigenvalue weighted by atomic mass is 10.2. The Bertz CT molecular complexity index is 574. The van der Waals surface area contributed by atoms with Crippen LogP contribution in [0.1, 0.15) is 39.5 Å². The van der Waals surface area contributed by atoms with E-state index in [9.17, 15) is 9.59 Å². The fraction of sp³-hybridized carbons (Fsp3) is 0.400. The van der Waals surface area contributed by atoms with Crippen molar-refractivity contribution in [2.75, 3.05) is 5.32 Å². The average Bonchev–Trinajstić information content (AvgIpc) is 2.47. The van der Waals surface area contributed by atoms with Gasteiger partial charge in [-0.2, -0.15) is 5.10 Å². The maximum absolute atomic E-state index is 11.9. The van der Waals surface area contributed by atoms with E-state index in [2.05, 4.69) is 15.8 Å². The highest BCUT2D eigenvalue weighted by Crippen LogP contribution is 2.29. The molecule has 2 amide bonds. The van der Waals surface area contributed by atoms with Gasteiger partial charge >= 0.3 is 0 Å². The highest BCUT2D eigenvalue weighted by molar-refractivity contribution is 6.44. The molecule has 0 aliphatic heterocycles. The van der Waals surface area contributed by atoms with Crippen LogP contribution in [-0.2, 0) is 9.59 Å². The van der Waals surface area contributed by atoms with Crippen LogP contribution in [-0.4, -0.2) is 17.5 Å². The Morgan fingerprint density at radius 3 is 2.64 bits per heavy atom. The van der Waals surface area contributed by atoms with Gasteiger partial charge in [0.1, 0.15) is 0 Å². The van der Waals surface area contributed by atoms with E-state index in [-0.39, 0.29) is 18.2 Å². The molecule has 120 valence electrons. The predicted molar refractivity (Wildman–Crippen MR) is 90.5 cm³/mol. The predicted octanol–water partition coefficient (Wildman–Crippen LogP) is 4.00. The number of nitrogens with one attached hydrogen (secondary N) is 2. The van der Waals surface area contributed by atoms with Gasteiger partial charge < -0.3 is 5.32 Å². The third-order valence-electron chi connectivity index (χ3n) is 2.77. The summed E-state index contributed by atoms with van der Waals surface area (Å²) in [4.78, 5) is 23.3. The Balaban J connectivity index is 2.50. The van der Waals surface area contributed by atoms with E-state index in [4.69, 9.17) is 23.2 Å². The molecule has 0 heterocycles. The Morgan fingerprint density at radius 1 is 1.23 bits per heavy atom. The SMILES string of the molecule is CCCCC(=O)N/N=C(\C)CC(=O)Nc1cccc(Cl)c1Cl. The topological polar surface area (TPSA) is 70.6 Å². The van der Waals surface area contributed by atoms with Gasteiger partial charge in [0, 0.05) is 12.1 Å². The van der Waals surface area contributed by atoms with E-state index >= 15 is 0 Å². The van der Waals surface area contributed by atoms with E-state index in [1.165, 1.54) is 0 Å². The standard InChI is InChI=1S/C15H19Cl2N3O2/c1-3-4-8-13(21)20-19-10(2)9-14(22)18-12-7-5-6-11(16)15(12)17/h5-7H,3-4,8-9H2,1-2H3,(H,18,22)(H,20,21)/b19-10+. The minimum absolute atomic E-state index is 0.0525. The zero-order valence-electron chi connectivity index (χ0n) is 12.6. The molecule has 22 heavy (non-hydrogen) atoms. The summed E-state index contributed by atoms with van der Waals surface area (Å²) in [6.07, 6.45) is 2.24. The summed E-state index contributed by atoms with van der Waals surface area (Å²) >= 11 is 11.9. The second kappa shape index (κ2) is 9.43. The molecule has 0 bridgehead atoms. The Morgan fingerprint density at radius 2 is 1.95 bits per heavy atom. The molecule has 2 N–H and O–H groups in total. The Hall–Kier alpha value is -1.59. The van der Waals surface area contributed by atoms with Crippen LogP contribution >= 0.6 is 23.2 Å². The fourth-order valence-electron chi connectivity index (χ4n) is 1.62. The number of halogens is 2. The first-order valence-corrected chi connectivity index (χ1v) is 7.75. The van der Waals surface area contributed by atoms with E-state index < -0.39 is 0 Å². The van der Waals surface area contributed by atoms with Crippen molar-refractivity contribution in [3.63, 3.8) is 0 Å². The van der Waals surface area contributed by atoms with Crippen LogP contribution in [0, 0.1) is 0 Å². The Labute approximate surface area is 140 Å². The van der Waals surface area contributed by atoms with Crippen LogP contribution in [0.3, 0.4) is 0 Å². The van der Waals surface area contributed by atoms with Gasteiger partial charge in [0.2, 0.25) is 11.8 Å². The largest absolute Gasteiger partial charge is 0.324 e. The molecule has 0 aliphatic carbocycles. The van der Waals surface area contributed by atoms with E-state index in [1.54, 1.807) is 25.1 Å². The molecule has 0 saturated heterocycles. The number of unbranched alkanes of at least 4 members (excludes halogenated alkanes) is 1. The molecule has 7 heteroatoms. The van der Waals surface area contributed by atoms with Gasteiger partial charge in [-0.3, -0.25) is 9.59 Å². The van der Waals surface area contributed by atoms with E-state index in [1.807, 2.05) is 6.92 Å². The van der Waals surface area contributed by atoms with Crippen LogP contribution in [0.2, 0.25) is 10.0 Å². The van der Waals surface area contributed by atoms with Crippen molar-refractivity contribution < 1.29 is 9.59 Å². The van der Waals surface area contributed by atoms with Crippen molar-refractivity contribution in [2.45, 2.75) is 39.5 Å². The van der Waals surface area contributed by atoms with Crippen molar-refractivity contribution in [1.82, 2.24) is 5.43 Å². The summed E-state index contributed by atoms with van der Waals surface area (Å²) in [6.45, 7) is 3.67. The molecule has 1 rings (SSSR count). The highest BCUT2D eigenvalue weighted by Gasteiger charge is 2.09. The smallest absolute Gasteiger partial charge is 0.240 e. The normalized spacial score (nSPS) is 11.2. The molecule has 0 atom stereocenters. The summed E-state index contributed by atoms with van der Waals surface area (Å²) in [5, 5.41) is 7.21. The molecule has 1 aromatic rings. The maximum Gasteiger partial charge on any atom is 0.240 e. The summed E-state index contributed by atoms with van der Waals surface area (Å²) < 4.78 is 0. The van der Waals surface area contributed by atoms with Crippen LogP contribution in [0.15, 0.2) is 23.3 Å². The molecular weight excluding hydrogens is 325 g/mol. The first-order chi connectivity index (χ1) is 10.4.